The van der Waals surface area contributed by atoms with Crippen molar-refractivity contribution in [3.8, 4) is 0 Å². The van der Waals surface area contributed by atoms with Gasteiger partial charge in [-0.05, 0) is 37.3 Å². The average molecular weight is 394 g/mol. The highest BCUT2D eigenvalue weighted by Gasteiger charge is 2.46. The summed E-state index contributed by atoms with van der Waals surface area (Å²) in [7, 11) is 1.81. The molecule has 5 nitrogen and oxygen atoms in total. The van der Waals surface area contributed by atoms with Gasteiger partial charge in [0, 0.05) is 30.8 Å². The van der Waals surface area contributed by atoms with Crippen LogP contribution in [-0.2, 0) is 15.9 Å². The van der Waals surface area contributed by atoms with E-state index in [2.05, 4.69) is 43.1 Å². The molecule has 0 spiro atoms. The first-order valence-electron chi connectivity index (χ1n) is 10.5. The Hall–Kier alpha value is -2.24. The zero-order valence-electron chi connectivity index (χ0n) is 17.8. The van der Waals surface area contributed by atoms with Gasteiger partial charge in [-0.2, -0.15) is 0 Å². The number of hydrogen-bond donors (Lipinski definition) is 1. The molecule has 154 valence electrons. The zero-order valence-corrected chi connectivity index (χ0v) is 17.8. The van der Waals surface area contributed by atoms with Gasteiger partial charge in [0.25, 0.3) is 0 Å². The minimum Gasteiger partial charge on any atom is -0.380 e. The van der Waals surface area contributed by atoms with Gasteiger partial charge >= 0.3 is 0 Å². The molecule has 5 heteroatoms. The Morgan fingerprint density at radius 1 is 1.14 bits per heavy atom. The molecule has 0 aliphatic heterocycles. The van der Waals surface area contributed by atoms with Crippen LogP contribution < -0.4 is 0 Å². The van der Waals surface area contributed by atoms with E-state index in [4.69, 9.17) is 19.4 Å². The van der Waals surface area contributed by atoms with Crippen LogP contribution in [0, 0.1) is 12.3 Å². The number of imidazole rings is 1. The number of nitrogens with one attached hydrogen (secondary N) is 1. The van der Waals surface area contributed by atoms with Crippen molar-refractivity contribution < 1.29 is 9.47 Å². The number of aryl methyl sites for hydroxylation is 1. The summed E-state index contributed by atoms with van der Waals surface area (Å²) in [5.74, 6) is 1.05. The van der Waals surface area contributed by atoms with Gasteiger partial charge in [0.15, 0.2) is 0 Å². The van der Waals surface area contributed by atoms with Crippen LogP contribution >= 0.6 is 0 Å². The third kappa shape index (κ3) is 4.21. The highest BCUT2D eigenvalue weighted by molar-refractivity contribution is 5.78. The highest BCUT2D eigenvalue weighted by atomic mass is 16.5. The van der Waals surface area contributed by atoms with Gasteiger partial charge in [0.1, 0.15) is 5.82 Å². The molecule has 3 aromatic rings. The lowest BCUT2D eigenvalue weighted by atomic mass is 9.67. The van der Waals surface area contributed by atoms with E-state index in [1.165, 1.54) is 5.39 Å². The second-order valence-electron chi connectivity index (χ2n) is 8.77. The van der Waals surface area contributed by atoms with Crippen molar-refractivity contribution in [1.29, 1.82) is 0 Å². The molecule has 0 amide bonds. The molecule has 3 unspecified atom stereocenters. The van der Waals surface area contributed by atoms with Crippen LogP contribution in [0.2, 0.25) is 0 Å². The number of aromatic nitrogens is 3. The van der Waals surface area contributed by atoms with Gasteiger partial charge < -0.3 is 14.5 Å². The highest BCUT2D eigenvalue weighted by Crippen LogP contribution is 2.46. The van der Waals surface area contributed by atoms with E-state index in [-0.39, 0.29) is 23.5 Å². The number of hydrogen-bond acceptors (Lipinski definition) is 4. The van der Waals surface area contributed by atoms with E-state index in [0.717, 1.165) is 42.0 Å². The number of methoxy groups -OCH3 is 1. The summed E-state index contributed by atoms with van der Waals surface area (Å²) >= 11 is 0. The Labute approximate surface area is 172 Å². The number of aromatic amines is 1. The number of fused-ring (bicyclic) bond motifs is 1. The molecule has 1 fully saturated rings. The lowest BCUT2D eigenvalue weighted by Crippen LogP contribution is -2.47. The van der Waals surface area contributed by atoms with Gasteiger partial charge in [-0.3, -0.25) is 4.98 Å². The molecule has 3 atom stereocenters. The zero-order chi connectivity index (χ0) is 20.4. The van der Waals surface area contributed by atoms with Crippen molar-refractivity contribution in [2.24, 2.45) is 5.41 Å². The summed E-state index contributed by atoms with van der Waals surface area (Å²) in [6.07, 6.45) is 5.06. The third-order valence-electron chi connectivity index (χ3n) is 6.24. The van der Waals surface area contributed by atoms with E-state index in [1.807, 2.05) is 25.3 Å². The van der Waals surface area contributed by atoms with Gasteiger partial charge in [0.2, 0.25) is 0 Å². The van der Waals surface area contributed by atoms with Crippen LogP contribution in [0.3, 0.4) is 0 Å². The van der Waals surface area contributed by atoms with Crippen molar-refractivity contribution in [3.63, 3.8) is 0 Å². The standard InChI is InChI=1S/C24H31N3O2/c1-16-25-15-20(26-16)22-21(11-13-24(2,3)23(22)28-4)29-14-12-18-10-9-17-7-5-6-8-19(17)27-18/h5-10,15,21-23H,11-14H2,1-4H3,(H,25,26). The maximum Gasteiger partial charge on any atom is 0.103 e. The van der Waals surface area contributed by atoms with Crippen LogP contribution in [0.15, 0.2) is 42.6 Å². The molecule has 1 aliphatic rings. The fraction of sp³-hybridized carbons (Fsp3) is 0.500. The lowest BCUT2D eigenvalue weighted by Gasteiger charge is -2.46. The van der Waals surface area contributed by atoms with Crippen LogP contribution in [0.4, 0.5) is 0 Å². The topological polar surface area (TPSA) is 60.0 Å². The molecule has 4 rings (SSSR count). The second kappa shape index (κ2) is 8.25. The van der Waals surface area contributed by atoms with Gasteiger partial charge in [-0.15, -0.1) is 0 Å². The third-order valence-corrected chi connectivity index (χ3v) is 6.24. The molecule has 0 saturated heterocycles. The maximum atomic E-state index is 6.43. The molecule has 1 N–H and O–H groups in total. The number of ether oxygens (including phenoxy) is 2. The first-order chi connectivity index (χ1) is 14.0. The van der Waals surface area contributed by atoms with Crippen molar-refractivity contribution in [3.05, 3.63) is 59.8 Å². The van der Waals surface area contributed by atoms with E-state index in [9.17, 15) is 0 Å². The molecule has 29 heavy (non-hydrogen) atoms. The van der Waals surface area contributed by atoms with Crippen LogP contribution in [0.1, 0.15) is 49.8 Å². The molecular formula is C24H31N3O2. The number of H-pyrrole nitrogens is 1. The number of benzene rings is 1. The molecule has 2 aromatic heterocycles. The fourth-order valence-corrected chi connectivity index (χ4v) is 4.69. The molecule has 0 bridgehead atoms. The normalized spacial score (nSPS) is 24.1. The van der Waals surface area contributed by atoms with Crippen LogP contribution in [0.5, 0.6) is 0 Å². The van der Waals surface area contributed by atoms with Crippen LogP contribution in [0.25, 0.3) is 10.9 Å². The van der Waals surface area contributed by atoms with E-state index in [1.54, 1.807) is 7.11 Å². The van der Waals surface area contributed by atoms with Gasteiger partial charge in [-0.1, -0.05) is 38.1 Å². The quantitative estimate of drug-likeness (QED) is 0.653. The molecule has 1 aromatic carbocycles. The SMILES string of the molecule is COC1C(c2c[nH]c(C)n2)C(OCCc2ccc3ccccc3n2)CCC1(C)C. The second-order valence-corrected chi connectivity index (χ2v) is 8.77. The maximum absolute atomic E-state index is 6.43. The molecule has 1 aliphatic carbocycles. The average Bonchev–Trinajstić information content (AvgIpc) is 3.14. The van der Waals surface area contributed by atoms with E-state index < -0.39 is 0 Å². The largest absolute Gasteiger partial charge is 0.380 e. The Bertz CT molecular complexity index is 965. The number of rotatable bonds is 6. The summed E-state index contributed by atoms with van der Waals surface area (Å²) in [5.41, 5.74) is 3.23. The minimum absolute atomic E-state index is 0.0720. The summed E-state index contributed by atoms with van der Waals surface area (Å²) in [4.78, 5) is 12.7. The molecular weight excluding hydrogens is 362 g/mol. The predicted molar refractivity (Wildman–Crippen MR) is 115 cm³/mol. The van der Waals surface area contributed by atoms with E-state index >= 15 is 0 Å². The van der Waals surface area contributed by atoms with Gasteiger partial charge in [-0.25, -0.2) is 4.98 Å². The Morgan fingerprint density at radius 3 is 2.72 bits per heavy atom. The summed E-state index contributed by atoms with van der Waals surface area (Å²) in [6, 6.07) is 12.5. The van der Waals surface area contributed by atoms with Crippen LogP contribution in [-0.4, -0.2) is 40.9 Å². The summed E-state index contributed by atoms with van der Waals surface area (Å²) < 4.78 is 12.4. The molecule has 2 heterocycles. The van der Waals surface area contributed by atoms with Crippen molar-refractivity contribution in [2.75, 3.05) is 13.7 Å². The Morgan fingerprint density at radius 2 is 1.97 bits per heavy atom. The monoisotopic (exact) mass is 393 g/mol. The Kier molecular flexibility index (Phi) is 5.70. The first-order valence-corrected chi connectivity index (χ1v) is 10.5. The smallest absolute Gasteiger partial charge is 0.103 e. The van der Waals surface area contributed by atoms with Crippen molar-refractivity contribution >= 4 is 10.9 Å². The molecule has 1 saturated carbocycles. The number of para-hydroxylation sites is 1. The lowest BCUT2D eigenvalue weighted by molar-refractivity contribution is -0.104. The van der Waals surface area contributed by atoms with E-state index in [0.29, 0.717) is 6.61 Å². The molecule has 0 radical (unpaired) electrons. The van der Waals surface area contributed by atoms with Crippen molar-refractivity contribution in [1.82, 2.24) is 15.0 Å². The van der Waals surface area contributed by atoms with Gasteiger partial charge in [0.05, 0.1) is 35.9 Å². The minimum atomic E-state index is 0.0720. The first kappa shape index (κ1) is 20.0. The van der Waals surface area contributed by atoms with Crippen molar-refractivity contribution in [2.45, 2.75) is 58.2 Å². The number of pyridine rings is 1. The number of nitrogens with zero attached hydrogens (tertiary/aromatic N) is 2. The summed E-state index contributed by atoms with van der Waals surface area (Å²) in [5, 5.41) is 1.17. The predicted octanol–water partition coefficient (Wildman–Crippen LogP) is 4.81. The Balaban J connectivity index is 1.48. The summed E-state index contributed by atoms with van der Waals surface area (Å²) in [6.45, 7) is 7.19. The fourth-order valence-electron chi connectivity index (χ4n) is 4.69.